The number of hydrogen-bond donors (Lipinski definition) is 0. The molecule has 0 aliphatic heterocycles. The van der Waals surface area contributed by atoms with Crippen LogP contribution < -0.4 is 0 Å². The van der Waals surface area contributed by atoms with Gasteiger partial charge in [0.1, 0.15) is 11.8 Å². The largest absolute Gasteiger partial charge is 0.328 e. The van der Waals surface area contributed by atoms with Crippen molar-refractivity contribution in [3.63, 3.8) is 0 Å². The van der Waals surface area contributed by atoms with Crippen LogP contribution in [-0.2, 0) is 13.0 Å². The van der Waals surface area contributed by atoms with Gasteiger partial charge in [0, 0.05) is 23.0 Å². The van der Waals surface area contributed by atoms with Crippen molar-refractivity contribution in [3.05, 3.63) is 71.4 Å². The van der Waals surface area contributed by atoms with Crippen LogP contribution in [0.5, 0.6) is 0 Å². The molecule has 3 aromatic rings. The smallest absolute Gasteiger partial charge is 0.125 e. The molecule has 0 atom stereocenters. The van der Waals surface area contributed by atoms with Crippen molar-refractivity contribution in [2.75, 3.05) is 0 Å². The zero-order valence-electron chi connectivity index (χ0n) is 11.5. The van der Waals surface area contributed by atoms with Gasteiger partial charge in [-0.3, -0.25) is 0 Å². The quantitative estimate of drug-likeness (QED) is 0.730. The van der Waals surface area contributed by atoms with Gasteiger partial charge in [0.25, 0.3) is 0 Å². The molecule has 0 bridgehead atoms. The van der Waals surface area contributed by atoms with E-state index in [4.69, 9.17) is 5.26 Å². The summed E-state index contributed by atoms with van der Waals surface area (Å²) in [6.45, 7) is 0.635. The number of nitrogens with zero attached hydrogens (tertiary/aromatic N) is 3. The number of fused-ring (bicyclic) bond motifs is 1. The molecule has 1 aromatic heterocycles. The van der Waals surface area contributed by atoms with Crippen LogP contribution in [0, 0.1) is 22.7 Å². The van der Waals surface area contributed by atoms with Crippen molar-refractivity contribution in [3.8, 4) is 12.1 Å². The molecular formula is C18H13N3. The van der Waals surface area contributed by atoms with Crippen molar-refractivity contribution >= 4 is 10.9 Å². The second kappa shape index (κ2) is 5.53. The van der Waals surface area contributed by atoms with Gasteiger partial charge in [-0.2, -0.15) is 10.5 Å². The van der Waals surface area contributed by atoms with Crippen LogP contribution in [-0.4, -0.2) is 4.57 Å². The van der Waals surface area contributed by atoms with E-state index in [-0.39, 0.29) is 6.42 Å². The molecule has 0 fully saturated rings. The number of nitriles is 2. The van der Waals surface area contributed by atoms with Crippen molar-refractivity contribution in [2.45, 2.75) is 13.0 Å². The molecule has 0 radical (unpaired) electrons. The summed E-state index contributed by atoms with van der Waals surface area (Å²) < 4.78 is 2.00. The molecule has 21 heavy (non-hydrogen) atoms. The topological polar surface area (TPSA) is 52.5 Å². The Bertz CT molecular complexity index is 861. The lowest BCUT2D eigenvalue weighted by molar-refractivity contribution is 0.818. The first-order chi connectivity index (χ1) is 10.3. The van der Waals surface area contributed by atoms with Gasteiger partial charge in [-0.1, -0.05) is 48.5 Å². The molecule has 0 saturated carbocycles. The molecule has 0 amide bonds. The van der Waals surface area contributed by atoms with Crippen molar-refractivity contribution in [1.82, 2.24) is 4.57 Å². The Hall–Kier alpha value is -3.04. The molecule has 0 unspecified atom stereocenters. The van der Waals surface area contributed by atoms with Crippen molar-refractivity contribution in [2.24, 2.45) is 0 Å². The normalized spacial score (nSPS) is 10.2. The standard InChI is InChI=1S/C18H13N3/c19-11-10-16-15-8-4-5-9-17(15)21(18(16)12-20)13-14-6-2-1-3-7-14/h1-9H,10,13H2. The molecule has 100 valence electrons. The molecule has 3 nitrogen and oxygen atoms in total. The van der Waals surface area contributed by atoms with Crippen LogP contribution in [0.1, 0.15) is 16.8 Å². The Balaban J connectivity index is 2.22. The molecule has 1 heterocycles. The maximum absolute atomic E-state index is 9.52. The number of hydrogen-bond acceptors (Lipinski definition) is 2. The maximum Gasteiger partial charge on any atom is 0.125 e. The van der Waals surface area contributed by atoms with Gasteiger partial charge in [-0.05, 0) is 11.6 Å². The fraction of sp³-hybridized carbons (Fsp3) is 0.111. The molecule has 2 aromatic carbocycles. The summed E-state index contributed by atoms with van der Waals surface area (Å²) in [6, 6.07) is 22.3. The van der Waals surface area contributed by atoms with Crippen LogP contribution in [0.15, 0.2) is 54.6 Å². The van der Waals surface area contributed by atoms with E-state index in [0.29, 0.717) is 12.2 Å². The van der Waals surface area contributed by atoms with Crippen LogP contribution in [0.2, 0.25) is 0 Å². The van der Waals surface area contributed by atoms with E-state index in [1.165, 1.54) is 0 Å². The zero-order chi connectivity index (χ0) is 14.7. The summed E-state index contributed by atoms with van der Waals surface area (Å²) in [5.41, 5.74) is 3.55. The molecule has 0 saturated heterocycles. The summed E-state index contributed by atoms with van der Waals surface area (Å²) in [5.74, 6) is 0. The molecule has 0 spiro atoms. The van der Waals surface area contributed by atoms with Gasteiger partial charge in [0.2, 0.25) is 0 Å². The summed E-state index contributed by atoms with van der Waals surface area (Å²) >= 11 is 0. The first-order valence-electron chi connectivity index (χ1n) is 6.76. The third-order valence-corrected chi connectivity index (χ3v) is 3.62. The molecule has 0 aliphatic carbocycles. The SMILES string of the molecule is N#CCc1c(C#N)n(Cc2ccccc2)c2ccccc12. The summed E-state index contributed by atoms with van der Waals surface area (Å²) in [7, 11) is 0. The number of aromatic nitrogens is 1. The molecule has 3 heteroatoms. The number of para-hydroxylation sites is 1. The molecule has 0 aliphatic rings. The van der Waals surface area contributed by atoms with E-state index in [1.807, 2.05) is 59.2 Å². The zero-order valence-corrected chi connectivity index (χ0v) is 11.5. The van der Waals surface area contributed by atoms with Crippen LogP contribution in [0.25, 0.3) is 10.9 Å². The second-order valence-corrected chi connectivity index (χ2v) is 4.86. The highest BCUT2D eigenvalue weighted by atomic mass is 15.0. The fourth-order valence-electron chi connectivity index (χ4n) is 2.69. The van der Waals surface area contributed by atoms with Gasteiger partial charge in [-0.15, -0.1) is 0 Å². The van der Waals surface area contributed by atoms with Crippen molar-refractivity contribution < 1.29 is 0 Å². The van der Waals surface area contributed by atoms with E-state index in [1.54, 1.807) is 0 Å². The Labute approximate surface area is 123 Å². The third kappa shape index (κ3) is 2.26. The predicted octanol–water partition coefficient (Wildman–Crippen LogP) is 3.63. The van der Waals surface area contributed by atoms with Gasteiger partial charge in [0.05, 0.1) is 12.5 Å². The minimum absolute atomic E-state index is 0.255. The predicted molar refractivity (Wildman–Crippen MR) is 81.5 cm³/mol. The highest BCUT2D eigenvalue weighted by Crippen LogP contribution is 2.27. The summed E-state index contributed by atoms with van der Waals surface area (Å²) in [4.78, 5) is 0. The van der Waals surface area contributed by atoms with E-state index in [0.717, 1.165) is 22.0 Å². The van der Waals surface area contributed by atoms with Gasteiger partial charge >= 0.3 is 0 Å². The number of benzene rings is 2. The lowest BCUT2D eigenvalue weighted by Crippen LogP contribution is -2.03. The Morgan fingerprint density at radius 3 is 2.33 bits per heavy atom. The Morgan fingerprint density at radius 1 is 0.905 bits per heavy atom. The van der Waals surface area contributed by atoms with Crippen LogP contribution >= 0.6 is 0 Å². The lowest BCUT2D eigenvalue weighted by Gasteiger charge is -2.07. The van der Waals surface area contributed by atoms with Gasteiger partial charge in [-0.25, -0.2) is 0 Å². The monoisotopic (exact) mass is 271 g/mol. The average molecular weight is 271 g/mol. The Kier molecular flexibility index (Phi) is 3.41. The van der Waals surface area contributed by atoms with Crippen molar-refractivity contribution in [1.29, 1.82) is 10.5 Å². The number of rotatable bonds is 3. The average Bonchev–Trinajstić information content (AvgIpc) is 2.82. The highest BCUT2D eigenvalue weighted by molar-refractivity contribution is 5.87. The first-order valence-corrected chi connectivity index (χ1v) is 6.76. The minimum atomic E-state index is 0.255. The van der Waals surface area contributed by atoms with Crippen LogP contribution in [0.3, 0.4) is 0 Å². The Morgan fingerprint density at radius 2 is 1.62 bits per heavy atom. The van der Waals surface area contributed by atoms with E-state index < -0.39 is 0 Å². The maximum atomic E-state index is 9.52. The van der Waals surface area contributed by atoms with E-state index >= 15 is 0 Å². The molecule has 0 N–H and O–H groups in total. The fourth-order valence-corrected chi connectivity index (χ4v) is 2.69. The van der Waals surface area contributed by atoms with Crippen LogP contribution in [0.4, 0.5) is 0 Å². The second-order valence-electron chi connectivity index (χ2n) is 4.86. The molecular weight excluding hydrogens is 258 g/mol. The van der Waals surface area contributed by atoms with Gasteiger partial charge in [0.15, 0.2) is 0 Å². The minimum Gasteiger partial charge on any atom is -0.328 e. The van der Waals surface area contributed by atoms with Gasteiger partial charge < -0.3 is 4.57 Å². The summed E-state index contributed by atoms with van der Waals surface area (Å²) in [5, 5.41) is 19.5. The molecule has 3 rings (SSSR count). The van der Waals surface area contributed by atoms with E-state index in [9.17, 15) is 5.26 Å². The highest BCUT2D eigenvalue weighted by Gasteiger charge is 2.16. The third-order valence-electron chi connectivity index (χ3n) is 3.62. The van der Waals surface area contributed by atoms with E-state index in [2.05, 4.69) is 12.1 Å². The first kappa shape index (κ1) is 13.0. The summed E-state index contributed by atoms with van der Waals surface area (Å²) in [6.07, 6.45) is 0.255. The lowest BCUT2D eigenvalue weighted by atomic mass is 10.1.